The molecular formula is C19H18F5N5O2S. The van der Waals surface area contributed by atoms with Crippen LogP contribution in [0.4, 0.5) is 27.9 Å². The Balaban J connectivity index is 1.70. The number of nitrogens with zero attached hydrogens (tertiary/aromatic N) is 4. The normalized spacial score (nSPS) is 20.1. The standard InChI is InChI=1S/C19H18F5N5O2S/c1-9-10(20)5-12(22)17(18(9)24)15-6-11(21)16-7-25-19(27-29(15)16)26-14-3-4-28(8-13(14)23)32(2,30)31/h5-7,13-14H,3-4,8H2,1-2H3,(H,26,27)/t13-,14-/m1/s1. The van der Waals surface area contributed by atoms with Crippen LogP contribution >= 0.6 is 0 Å². The summed E-state index contributed by atoms with van der Waals surface area (Å²) in [5.41, 5.74) is -1.63. The number of anilines is 1. The van der Waals surface area contributed by atoms with Crippen molar-refractivity contribution >= 4 is 21.5 Å². The molecule has 13 heteroatoms. The molecule has 0 saturated carbocycles. The van der Waals surface area contributed by atoms with Gasteiger partial charge in [-0.05, 0) is 13.3 Å². The fourth-order valence-corrected chi connectivity index (χ4v) is 4.48. The number of aromatic nitrogens is 3. The van der Waals surface area contributed by atoms with Crippen molar-refractivity contribution < 1.29 is 30.4 Å². The highest BCUT2D eigenvalue weighted by atomic mass is 32.2. The first-order chi connectivity index (χ1) is 15.0. The lowest BCUT2D eigenvalue weighted by atomic mass is 10.1. The minimum Gasteiger partial charge on any atom is -0.347 e. The Kier molecular flexibility index (Phi) is 5.57. The molecule has 0 spiro atoms. The molecule has 172 valence electrons. The van der Waals surface area contributed by atoms with E-state index in [-0.39, 0.29) is 36.7 Å². The summed E-state index contributed by atoms with van der Waals surface area (Å²) in [6.07, 6.45) is 0.581. The first-order valence-corrected chi connectivity index (χ1v) is 11.4. The molecule has 0 amide bonds. The van der Waals surface area contributed by atoms with Gasteiger partial charge >= 0.3 is 0 Å². The van der Waals surface area contributed by atoms with E-state index in [4.69, 9.17) is 0 Å². The van der Waals surface area contributed by atoms with Crippen LogP contribution in [0.25, 0.3) is 16.8 Å². The number of hydrogen-bond acceptors (Lipinski definition) is 5. The summed E-state index contributed by atoms with van der Waals surface area (Å²) in [6.45, 7) is 0.841. The molecule has 2 atom stereocenters. The second kappa shape index (κ2) is 7.96. The van der Waals surface area contributed by atoms with Crippen molar-refractivity contribution in [3.05, 3.63) is 47.2 Å². The molecule has 1 aliphatic heterocycles. The molecule has 1 fully saturated rings. The monoisotopic (exact) mass is 475 g/mol. The van der Waals surface area contributed by atoms with Gasteiger partial charge < -0.3 is 5.32 Å². The summed E-state index contributed by atoms with van der Waals surface area (Å²) >= 11 is 0. The number of alkyl halides is 1. The summed E-state index contributed by atoms with van der Waals surface area (Å²) < 4.78 is 96.7. The maximum absolute atomic E-state index is 14.6. The first kappa shape index (κ1) is 22.4. The number of sulfonamides is 1. The van der Waals surface area contributed by atoms with Crippen LogP contribution in [0.5, 0.6) is 0 Å². The number of benzene rings is 1. The van der Waals surface area contributed by atoms with Crippen LogP contribution in [0.15, 0.2) is 18.3 Å². The predicted octanol–water partition coefficient (Wildman–Crippen LogP) is 3.05. The Bertz CT molecular complexity index is 1310. The smallest absolute Gasteiger partial charge is 0.241 e. The Labute approximate surface area is 179 Å². The predicted molar refractivity (Wildman–Crippen MR) is 106 cm³/mol. The molecule has 1 saturated heterocycles. The molecule has 7 nitrogen and oxygen atoms in total. The van der Waals surface area contributed by atoms with E-state index in [0.29, 0.717) is 6.07 Å². The second-order valence-electron chi connectivity index (χ2n) is 7.59. The van der Waals surface area contributed by atoms with E-state index in [1.807, 2.05) is 0 Å². The van der Waals surface area contributed by atoms with Crippen molar-refractivity contribution in [3.8, 4) is 11.3 Å². The first-order valence-electron chi connectivity index (χ1n) is 9.52. The lowest BCUT2D eigenvalue weighted by molar-refractivity contribution is 0.186. The van der Waals surface area contributed by atoms with Crippen molar-refractivity contribution in [1.29, 1.82) is 0 Å². The van der Waals surface area contributed by atoms with E-state index in [9.17, 15) is 30.4 Å². The minimum absolute atomic E-state index is 0.0772. The summed E-state index contributed by atoms with van der Waals surface area (Å²) in [5, 5.41) is 6.75. The Hall–Kier alpha value is -2.80. The molecule has 2 aromatic heterocycles. The maximum Gasteiger partial charge on any atom is 0.241 e. The molecule has 3 aromatic rings. The fraction of sp³-hybridized carbons (Fsp3) is 0.368. The molecule has 1 aliphatic rings. The molecule has 0 unspecified atom stereocenters. The van der Waals surface area contributed by atoms with Gasteiger partial charge in [-0.2, -0.15) is 4.31 Å². The number of rotatable bonds is 4. The molecule has 0 bridgehead atoms. The van der Waals surface area contributed by atoms with Crippen molar-refractivity contribution in [2.75, 3.05) is 24.7 Å². The third kappa shape index (κ3) is 3.90. The van der Waals surface area contributed by atoms with Crippen LogP contribution in [0.1, 0.15) is 12.0 Å². The van der Waals surface area contributed by atoms with Gasteiger partial charge in [0.2, 0.25) is 16.0 Å². The van der Waals surface area contributed by atoms with Crippen LogP contribution in [-0.2, 0) is 10.0 Å². The fourth-order valence-electron chi connectivity index (χ4n) is 3.63. The number of halogens is 5. The zero-order valence-electron chi connectivity index (χ0n) is 16.9. The largest absolute Gasteiger partial charge is 0.347 e. The van der Waals surface area contributed by atoms with Gasteiger partial charge in [0.1, 0.15) is 29.1 Å². The lowest BCUT2D eigenvalue weighted by Gasteiger charge is -2.33. The zero-order chi connectivity index (χ0) is 23.4. The van der Waals surface area contributed by atoms with Gasteiger partial charge in [-0.25, -0.2) is 39.9 Å². The van der Waals surface area contributed by atoms with E-state index in [2.05, 4.69) is 15.4 Å². The molecule has 0 radical (unpaired) electrons. The summed E-state index contributed by atoms with van der Waals surface area (Å²) in [4.78, 5) is 3.92. The number of piperidine rings is 1. The van der Waals surface area contributed by atoms with Gasteiger partial charge in [0, 0.05) is 30.8 Å². The Morgan fingerprint density at radius 1 is 1.12 bits per heavy atom. The minimum atomic E-state index is -3.54. The van der Waals surface area contributed by atoms with Crippen LogP contribution in [0, 0.1) is 30.2 Å². The lowest BCUT2D eigenvalue weighted by Crippen LogP contribution is -2.49. The van der Waals surface area contributed by atoms with Crippen molar-refractivity contribution in [2.24, 2.45) is 0 Å². The molecule has 0 aliphatic carbocycles. The van der Waals surface area contributed by atoms with E-state index in [1.165, 1.54) is 0 Å². The summed E-state index contributed by atoms with van der Waals surface area (Å²) in [5.74, 6) is -4.55. The van der Waals surface area contributed by atoms with E-state index < -0.39 is 56.6 Å². The third-order valence-corrected chi connectivity index (χ3v) is 6.68. The molecular weight excluding hydrogens is 457 g/mol. The average Bonchev–Trinajstić information content (AvgIpc) is 3.03. The van der Waals surface area contributed by atoms with Crippen LogP contribution < -0.4 is 5.32 Å². The van der Waals surface area contributed by atoms with Gasteiger partial charge in [0.05, 0.1) is 29.8 Å². The summed E-state index contributed by atoms with van der Waals surface area (Å²) in [6, 6.07) is 0.500. The quantitative estimate of drug-likeness (QED) is 0.587. The number of nitrogens with one attached hydrogen (secondary N) is 1. The Morgan fingerprint density at radius 3 is 2.50 bits per heavy atom. The van der Waals surface area contributed by atoms with Crippen LogP contribution in [0.2, 0.25) is 0 Å². The topological polar surface area (TPSA) is 79.6 Å². The molecule has 3 heterocycles. The SMILES string of the molecule is Cc1c(F)cc(F)c(-c2cc(F)c3cnc(N[C@@H]4CCN(S(C)(=O)=O)C[C@H]4F)nn23)c1F. The third-order valence-electron chi connectivity index (χ3n) is 5.41. The zero-order valence-corrected chi connectivity index (χ0v) is 17.7. The molecule has 32 heavy (non-hydrogen) atoms. The van der Waals surface area contributed by atoms with Gasteiger partial charge in [-0.3, -0.25) is 0 Å². The highest BCUT2D eigenvalue weighted by Crippen LogP contribution is 2.32. The van der Waals surface area contributed by atoms with E-state index >= 15 is 0 Å². The highest BCUT2D eigenvalue weighted by Gasteiger charge is 2.33. The molecule has 1 N–H and O–H groups in total. The van der Waals surface area contributed by atoms with Crippen molar-refractivity contribution in [1.82, 2.24) is 18.9 Å². The van der Waals surface area contributed by atoms with Gasteiger partial charge in [-0.1, -0.05) is 0 Å². The molecule has 4 rings (SSSR count). The number of hydrogen-bond donors (Lipinski definition) is 1. The van der Waals surface area contributed by atoms with E-state index in [0.717, 1.165) is 34.3 Å². The van der Waals surface area contributed by atoms with E-state index in [1.54, 1.807) is 0 Å². The number of fused-ring (bicyclic) bond motifs is 1. The molecule has 1 aromatic carbocycles. The van der Waals surface area contributed by atoms with Gasteiger partial charge in [0.15, 0.2) is 5.82 Å². The average molecular weight is 475 g/mol. The van der Waals surface area contributed by atoms with Crippen LogP contribution in [-0.4, -0.2) is 58.9 Å². The van der Waals surface area contributed by atoms with Crippen molar-refractivity contribution in [3.63, 3.8) is 0 Å². The maximum atomic E-state index is 14.6. The van der Waals surface area contributed by atoms with Crippen LogP contribution in [0.3, 0.4) is 0 Å². The summed E-state index contributed by atoms with van der Waals surface area (Å²) in [7, 11) is -3.54. The highest BCUT2D eigenvalue weighted by molar-refractivity contribution is 7.88. The second-order valence-corrected chi connectivity index (χ2v) is 9.57. The van der Waals surface area contributed by atoms with Gasteiger partial charge in [-0.15, -0.1) is 5.10 Å². The van der Waals surface area contributed by atoms with Gasteiger partial charge in [0.25, 0.3) is 0 Å². The van der Waals surface area contributed by atoms with Crippen molar-refractivity contribution in [2.45, 2.75) is 25.6 Å². The Morgan fingerprint density at radius 2 is 1.84 bits per heavy atom.